The fourth-order valence-electron chi connectivity index (χ4n) is 2.73. The molecule has 1 aromatic carbocycles. The lowest BCUT2D eigenvalue weighted by molar-refractivity contribution is 0.149. The summed E-state index contributed by atoms with van der Waals surface area (Å²) in [5.41, 5.74) is 7.03. The van der Waals surface area contributed by atoms with Gasteiger partial charge >= 0.3 is 0 Å². The molecule has 1 aromatic heterocycles. The van der Waals surface area contributed by atoms with E-state index in [-0.39, 0.29) is 0 Å². The Bertz CT molecular complexity index is 501. The van der Waals surface area contributed by atoms with Crippen molar-refractivity contribution in [2.75, 3.05) is 13.1 Å². The molecule has 1 aliphatic rings. The van der Waals surface area contributed by atoms with Crippen molar-refractivity contribution in [3.8, 4) is 0 Å². The van der Waals surface area contributed by atoms with Gasteiger partial charge in [0.05, 0.1) is 6.54 Å². The standard InChI is InChI=1S/C15H20N2O/c1-11-9-17(7-6-14(11)16)10-13-8-12-4-2-3-5-15(12)18-13/h2-5,8,11,14H,6-7,9-10,16H2,1H3. The van der Waals surface area contributed by atoms with Crippen LogP contribution in [0.3, 0.4) is 0 Å². The summed E-state index contributed by atoms with van der Waals surface area (Å²) in [5.74, 6) is 1.63. The number of piperidine rings is 1. The van der Waals surface area contributed by atoms with Crippen LogP contribution >= 0.6 is 0 Å². The van der Waals surface area contributed by atoms with Crippen molar-refractivity contribution in [2.24, 2.45) is 11.7 Å². The molecule has 0 radical (unpaired) electrons. The minimum atomic E-state index is 0.358. The largest absolute Gasteiger partial charge is 0.460 e. The molecule has 2 N–H and O–H groups in total. The molecule has 2 unspecified atom stereocenters. The first kappa shape index (κ1) is 11.8. The number of nitrogens with two attached hydrogens (primary N) is 1. The fraction of sp³-hybridized carbons (Fsp3) is 0.467. The van der Waals surface area contributed by atoms with Crippen LogP contribution in [0.4, 0.5) is 0 Å². The summed E-state index contributed by atoms with van der Waals surface area (Å²) in [4.78, 5) is 2.44. The Morgan fingerprint density at radius 1 is 1.39 bits per heavy atom. The zero-order valence-electron chi connectivity index (χ0n) is 10.8. The van der Waals surface area contributed by atoms with Crippen LogP contribution in [0, 0.1) is 5.92 Å². The van der Waals surface area contributed by atoms with Gasteiger partial charge in [-0.15, -0.1) is 0 Å². The van der Waals surface area contributed by atoms with Gasteiger partial charge in [-0.3, -0.25) is 4.90 Å². The van der Waals surface area contributed by atoms with Gasteiger partial charge in [0.2, 0.25) is 0 Å². The Balaban J connectivity index is 1.72. The molecule has 2 heterocycles. The number of furan rings is 1. The molecule has 1 aliphatic heterocycles. The summed E-state index contributed by atoms with van der Waals surface area (Å²) in [6, 6.07) is 10.7. The second-order valence-electron chi connectivity index (χ2n) is 5.42. The number of fused-ring (bicyclic) bond motifs is 1. The van der Waals surface area contributed by atoms with E-state index in [1.54, 1.807) is 0 Å². The number of hydrogen-bond donors (Lipinski definition) is 1. The van der Waals surface area contributed by atoms with E-state index in [0.29, 0.717) is 12.0 Å². The quantitative estimate of drug-likeness (QED) is 0.883. The molecule has 0 amide bonds. The molecule has 3 rings (SSSR count). The molecule has 3 nitrogen and oxygen atoms in total. The Kier molecular flexibility index (Phi) is 3.10. The highest BCUT2D eigenvalue weighted by atomic mass is 16.3. The second-order valence-corrected chi connectivity index (χ2v) is 5.42. The van der Waals surface area contributed by atoms with Crippen molar-refractivity contribution in [1.29, 1.82) is 0 Å². The Morgan fingerprint density at radius 2 is 2.22 bits per heavy atom. The molecule has 0 saturated carbocycles. The Labute approximate surface area is 108 Å². The molecule has 0 bridgehead atoms. The number of rotatable bonds is 2. The molecule has 18 heavy (non-hydrogen) atoms. The van der Waals surface area contributed by atoms with Crippen molar-refractivity contribution >= 4 is 11.0 Å². The lowest BCUT2D eigenvalue weighted by atomic mass is 9.95. The van der Waals surface area contributed by atoms with Gasteiger partial charge in [0, 0.05) is 24.5 Å². The van der Waals surface area contributed by atoms with E-state index in [4.69, 9.17) is 10.2 Å². The number of para-hydroxylation sites is 1. The zero-order chi connectivity index (χ0) is 12.5. The third-order valence-corrected chi connectivity index (χ3v) is 3.91. The molecule has 3 heteroatoms. The average Bonchev–Trinajstić information content (AvgIpc) is 2.76. The Morgan fingerprint density at radius 3 is 3.00 bits per heavy atom. The van der Waals surface area contributed by atoms with Crippen LogP contribution in [-0.4, -0.2) is 24.0 Å². The van der Waals surface area contributed by atoms with Gasteiger partial charge in [0.15, 0.2) is 0 Å². The van der Waals surface area contributed by atoms with Crippen molar-refractivity contribution in [3.63, 3.8) is 0 Å². The van der Waals surface area contributed by atoms with E-state index in [9.17, 15) is 0 Å². The first-order valence-electron chi connectivity index (χ1n) is 6.68. The topological polar surface area (TPSA) is 42.4 Å². The van der Waals surface area contributed by atoms with Crippen LogP contribution in [0.25, 0.3) is 11.0 Å². The zero-order valence-corrected chi connectivity index (χ0v) is 10.8. The van der Waals surface area contributed by atoms with Crippen LogP contribution in [0.15, 0.2) is 34.7 Å². The van der Waals surface area contributed by atoms with Gasteiger partial charge in [0.25, 0.3) is 0 Å². The first-order chi connectivity index (χ1) is 8.72. The lowest BCUT2D eigenvalue weighted by Gasteiger charge is -2.34. The molecular weight excluding hydrogens is 224 g/mol. The molecule has 2 atom stereocenters. The van der Waals surface area contributed by atoms with Crippen LogP contribution < -0.4 is 5.73 Å². The van der Waals surface area contributed by atoms with E-state index >= 15 is 0 Å². The first-order valence-corrected chi connectivity index (χ1v) is 6.68. The number of likely N-dealkylation sites (tertiary alicyclic amines) is 1. The summed E-state index contributed by atoms with van der Waals surface area (Å²) in [5, 5.41) is 1.19. The Hall–Kier alpha value is -1.32. The number of benzene rings is 1. The van der Waals surface area contributed by atoms with Crippen molar-refractivity contribution in [3.05, 3.63) is 36.1 Å². The van der Waals surface area contributed by atoms with E-state index in [1.807, 2.05) is 18.2 Å². The van der Waals surface area contributed by atoms with Crippen molar-refractivity contribution in [1.82, 2.24) is 4.90 Å². The summed E-state index contributed by atoms with van der Waals surface area (Å²) < 4.78 is 5.86. The molecule has 2 aromatic rings. The van der Waals surface area contributed by atoms with Gasteiger partial charge < -0.3 is 10.2 Å². The van der Waals surface area contributed by atoms with E-state index in [2.05, 4.69) is 24.0 Å². The highest BCUT2D eigenvalue weighted by Crippen LogP contribution is 2.22. The van der Waals surface area contributed by atoms with Crippen LogP contribution in [0.5, 0.6) is 0 Å². The van der Waals surface area contributed by atoms with Gasteiger partial charge in [-0.25, -0.2) is 0 Å². The summed E-state index contributed by atoms with van der Waals surface area (Å²) in [7, 11) is 0. The van der Waals surface area contributed by atoms with Gasteiger partial charge in [-0.1, -0.05) is 25.1 Å². The van der Waals surface area contributed by atoms with E-state index in [1.165, 1.54) is 5.39 Å². The van der Waals surface area contributed by atoms with Gasteiger partial charge in [-0.05, 0) is 24.5 Å². The molecule has 1 fully saturated rings. The predicted octanol–water partition coefficient (Wildman–Crippen LogP) is 2.60. The third-order valence-electron chi connectivity index (χ3n) is 3.91. The highest BCUT2D eigenvalue weighted by molar-refractivity contribution is 5.77. The fourth-order valence-corrected chi connectivity index (χ4v) is 2.73. The minimum Gasteiger partial charge on any atom is -0.460 e. The molecular formula is C15H20N2O. The number of nitrogens with zero attached hydrogens (tertiary/aromatic N) is 1. The second kappa shape index (κ2) is 4.75. The van der Waals surface area contributed by atoms with Crippen LogP contribution in [0.1, 0.15) is 19.1 Å². The average molecular weight is 244 g/mol. The maximum Gasteiger partial charge on any atom is 0.134 e. The van der Waals surface area contributed by atoms with Crippen molar-refractivity contribution < 1.29 is 4.42 Å². The molecule has 1 saturated heterocycles. The minimum absolute atomic E-state index is 0.358. The maximum absolute atomic E-state index is 6.05. The van der Waals surface area contributed by atoms with Crippen LogP contribution in [0.2, 0.25) is 0 Å². The molecule has 96 valence electrons. The molecule has 0 aliphatic carbocycles. The lowest BCUT2D eigenvalue weighted by Crippen LogP contribution is -2.45. The summed E-state index contributed by atoms with van der Waals surface area (Å²) in [6.07, 6.45) is 1.08. The third kappa shape index (κ3) is 2.28. The van der Waals surface area contributed by atoms with Crippen LogP contribution in [-0.2, 0) is 6.54 Å². The van der Waals surface area contributed by atoms with E-state index in [0.717, 1.165) is 37.4 Å². The predicted molar refractivity (Wildman–Crippen MR) is 73.2 cm³/mol. The van der Waals surface area contributed by atoms with Gasteiger partial charge in [0.1, 0.15) is 11.3 Å². The number of hydrogen-bond acceptors (Lipinski definition) is 3. The summed E-state index contributed by atoms with van der Waals surface area (Å²) >= 11 is 0. The summed E-state index contributed by atoms with van der Waals surface area (Å²) in [6.45, 7) is 5.27. The molecule has 0 spiro atoms. The normalized spacial score (nSPS) is 25.7. The highest BCUT2D eigenvalue weighted by Gasteiger charge is 2.23. The monoisotopic (exact) mass is 244 g/mol. The van der Waals surface area contributed by atoms with Gasteiger partial charge in [-0.2, -0.15) is 0 Å². The maximum atomic E-state index is 6.05. The van der Waals surface area contributed by atoms with E-state index < -0.39 is 0 Å². The SMILES string of the molecule is CC1CN(Cc2cc3ccccc3o2)CCC1N. The smallest absolute Gasteiger partial charge is 0.134 e. The van der Waals surface area contributed by atoms with Crippen molar-refractivity contribution in [2.45, 2.75) is 25.9 Å².